The Hall–Kier alpha value is -0.330. The number of carbonyl (C=O) groups is 1. The van der Waals surface area contributed by atoms with Crippen molar-refractivity contribution in [3.8, 4) is 0 Å². The molecule has 6 atom stereocenters. The predicted molar refractivity (Wildman–Crippen MR) is 81.4 cm³/mol. The minimum atomic E-state index is 0.363. The van der Waals surface area contributed by atoms with Crippen molar-refractivity contribution >= 4 is 5.78 Å². The molecule has 112 valence electrons. The minimum absolute atomic E-state index is 0.363. The zero-order chi connectivity index (χ0) is 14.0. The molecule has 4 fully saturated rings. The first-order chi connectivity index (χ1) is 9.53. The van der Waals surface area contributed by atoms with Crippen LogP contribution in [0.15, 0.2) is 0 Å². The van der Waals surface area contributed by atoms with Crippen LogP contribution in [-0.2, 0) is 4.79 Å². The van der Waals surface area contributed by atoms with Gasteiger partial charge in [-0.1, -0.05) is 20.3 Å². The molecule has 4 aliphatic carbocycles. The van der Waals surface area contributed by atoms with Gasteiger partial charge in [-0.3, -0.25) is 4.79 Å². The van der Waals surface area contributed by atoms with Gasteiger partial charge in [-0.25, -0.2) is 0 Å². The molecule has 0 aromatic rings. The molecule has 4 rings (SSSR count). The predicted octanol–water partition coefficient (Wildman–Crippen LogP) is 4.99. The lowest BCUT2D eigenvalue weighted by Crippen LogP contribution is -2.53. The second kappa shape index (κ2) is 4.34. The second-order valence-electron chi connectivity index (χ2n) is 9.00. The number of hydrogen-bond donors (Lipinski definition) is 0. The van der Waals surface area contributed by atoms with Crippen molar-refractivity contribution in [3.05, 3.63) is 0 Å². The second-order valence-corrected chi connectivity index (χ2v) is 9.00. The van der Waals surface area contributed by atoms with E-state index in [1.807, 2.05) is 0 Å². The number of hydrogen-bond acceptors (Lipinski definition) is 1. The Morgan fingerprint density at radius 2 is 1.80 bits per heavy atom. The summed E-state index contributed by atoms with van der Waals surface area (Å²) in [6.07, 6.45) is 13.1. The Morgan fingerprint density at radius 1 is 0.950 bits per heavy atom. The summed E-state index contributed by atoms with van der Waals surface area (Å²) in [7, 11) is 0. The molecule has 0 N–H and O–H groups in total. The van der Waals surface area contributed by atoms with Crippen LogP contribution in [-0.4, -0.2) is 5.78 Å². The van der Waals surface area contributed by atoms with Crippen molar-refractivity contribution in [2.45, 2.75) is 78.1 Å². The molecule has 1 heteroatoms. The first-order valence-corrected chi connectivity index (χ1v) is 9.05. The molecule has 0 aromatic heterocycles. The summed E-state index contributed by atoms with van der Waals surface area (Å²) in [5.41, 5.74) is 1.02. The van der Waals surface area contributed by atoms with Gasteiger partial charge in [0.15, 0.2) is 0 Å². The SMILES string of the molecule is C[C@]12CCC[C@@H]1[C@@H]1CC[C@H]3CCC(=O)C[C@]3(C)[C@H]1CC2. The largest absolute Gasteiger partial charge is 0.300 e. The molecule has 0 saturated heterocycles. The fraction of sp³-hybridized carbons (Fsp3) is 0.947. The number of rotatable bonds is 0. The summed E-state index contributed by atoms with van der Waals surface area (Å²) < 4.78 is 0. The molecule has 0 radical (unpaired) electrons. The Kier molecular flexibility index (Phi) is 2.89. The van der Waals surface area contributed by atoms with Gasteiger partial charge in [0.1, 0.15) is 5.78 Å². The highest BCUT2D eigenvalue weighted by Gasteiger charge is 2.57. The first-order valence-electron chi connectivity index (χ1n) is 9.05. The normalized spacial score (nSPS) is 55.0. The fourth-order valence-corrected chi connectivity index (χ4v) is 7.13. The van der Waals surface area contributed by atoms with E-state index in [-0.39, 0.29) is 0 Å². The van der Waals surface area contributed by atoms with E-state index in [4.69, 9.17) is 0 Å². The Bertz CT molecular complexity index is 427. The zero-order valence-corrected chi connectivity index (χ0v) is 13.3. The van der Waals surface area contributed by atoms with Crippen LogP contribution < -0.4 is 0 Å². The fourth-order valence-electron chi connectivity index (χ4n) is 7.13. The van der Waals surface area contributed by atoms with Gasteiger partial charge in [0, 0.05) is 12.8 Å². The Labute approximate surface area is 123 Å². The van der Waals surface area contributed by atoms with E-state index in [9.17, 15) is 4.79 Å². The van der Waals surface area contributed by atoms with Crippen LogP contribution in [0.3, 0.4) is 0 Å². The van der Waals surface area contributed by atoms with Crippen molar-refractivity contribution in [3.63, 3.8) is 0 Å². The van der Waals surface area contributed by atoms with E-state index in [1.54, 1.807) is 0 Å². The lowest BCUT2D eigenvalue weighted by Gasteiger charge is -2.59. The summed E-state index contributed by atoms with van der Waals surface area (Å²) in [6, 6.07) is 0. The molecule has 1 nitrogen and oxygen atoms in total. The summed E-state index contributed by atoms with van der Waals surface area (Å²) in [5.74, 6) is 4.21. The van der Waals surface area contributed by atoms with Gasteiger partial charge in [0.2, 0.25) is 0 Å². The maximum atomic E-state index is 12.1. The first kappa shape index (κ1) is 13.3. The lowest BCUT2D eigenvalue weighted by atomic mass is 9.45. The molecule has 0 aliphatic heterocycles. The smallest absolute Gasteiger partial charge is 0.133 e. The van der Waals surface area contributed by atoms with Crippen LogP contribution in [0.2, 0.25) is 0 Å². The summed E-state index contributed by atoms with van der Waals surface area (Å²) in [4.78, 5) is 12.1. The lowest BCUT2D eigenvalue weighted by molar-refractivity contribution is -0.139. The molecule has 0 bridgehead atoms. The van der Waals surface area contributed by atoms with E-state index in [0.29, 0.717) is 16.6 Å². The molecule has 0 amide bonds. The minimum Gasteiger partial charge on any atom is -0.300 e. The number of ketones is 1. The van der Waals surface area contributed by atoms with Gasteiger partial charge in [0.25, 0.3) is 0 Å². The van der Waals surface area contributed by atoms with E-state index in [1.165, 1.54) is 51.4 Å². The zero-order valence-electron chi connectivity index (χ0n) is 13.3. The molecule has 20 heavy (non-hydrogen) atoms. The summed E-state index contributed by atoms with van der Waals surface area (Å²) >= 11 is 0. The van der Waals surface area contributed by atoms with E-state index in [2.05, 4.69) is 13.8 Å². The van der Waals surface area contributed by atoms with Crippen LogP contribution in [0.4, 0.5) is 0 Å². The molecule has 0 heterocycles. The maximum Gasteiger partial charge on any atom is 0.133 e. The summed E-state index contributed by atoms with van der Waals surface area (Å²) in [5, 5.41) is 0. The number of Topliss-reactive ketones (excluding diaryl/α,β-unsaturated/α-hetero) is 1. The van der Waals surface area contributed by atoms with Crippen molar-refractivity contribution < 1.29 is 4.79 Å². The monoisotopic (exact) mass is 274 g/mol. The third-order valence-electron chi connectivity index (χ3n) is 8.20. The Balaban J connectivity index is 1.66. The van der Waals surface area contributed by atoms with Gasteiger partial charge in [-0.05, 0) is 79.4 Å². The number of fused-ring (bicyclic) bond motifs is 5. The van der Waals surface area contributed by atoms with Crippen LogP contribution in [0, 0.1) is 34.5 Å². The molecule has 4 aliphatic rings. The average molecular weight is 274 g/mol. The molecule has 4 saturated carbocycles. The quantitative estimate of drug-likeness (QED) is 0.608. The molecule has 0 spiro atoms. The van der Waals surface area contributed by atoms with Gasteiger partial charge in [-0.15, -0.1) is 0 Å². The summed E-state index contributed by atoms with van der Waals surface area (Å²) in [6.45, 7) is 5.06. The topological polar surface area (TPSA) is 17.1 Å². The van der Waals surface area contributed by atoms with Gasteiger partial charge >= 0.3 is 0 Å². The molecule has 0 unspecified atom stereocenters. The van der Waals surface area contributed by atoms with Crippen LogP contribution in [0.25, 0.3) is 0 Å². The van der Waals surface area contributed by atoms with E-state index in [0.717, 1.165) is 36.5 Å². The van der Waals surface area contributed by atoms with Crippen molar-refractivity contribution in [1.29, 1.82) is 0 Å². The standard InChI is InChI=1S/C19H30O/c1-18-10-3-4-16(18)15-8-6-13-5-7-14(20)12-19(13,2)17(15)9-11-18/h13,15-17H,3-12H2,1-2H3/t13-,15+,16-,17+,18-,19+/m1/s1. The van der Waals surface area contributed by atoms with Crippen LogP contribution >= 0.6 is 0 Å². The van der Waals surface area contributed by atoms with Crippen LogP contribution in [0.1, 0.15) is 78.1 Å². The van der Waals surface area contributed by atoms with Crippen molar-refractivity contribution in [2.24, 2.45) is 34.5 Å². The van der Waals surface area contributed by atoms with E-state index >= 15 is 0 Å². The van der Waals surface area contributed by atoms with Gasteiger partial charge < -0.3 is 0 Å². The highest BCUT2D eigenvalue weighted by Crippen LogP contribution is 2.65. The average Bonchev–Trinajstić information content (AvgIpc) is 2.79. The maximum absolute atomic E-state index is 12.1. The van der Waals surface area contributed by atoms with Gasteiger partial charge in [0.05, 0.1) is 0 Å². The van der Waals surface area contributed by atoms with Crippen LogP contribution in [0.5, 0.6) is 0 Å². The number of carbonyl (C=O) groups excluding carboxylic acids is 1. The Morgan fingerprint density at radius 3 is 2.65 bits per heavy atom. The van der Waals surface area contributed by atoms with Crippen molar-refractivity contribution in [1.82, 2.24) is 0 Å². The highest BCUT2D eigenvalue weighted by molar-refractivity contribution is 5.80. The van der Waals surface area contributed by atoms with Crippen molar-refractivity contribution in [2.75, 3.05) is 0 Å². The van der Waals surface area contributed by atoms with Gasteiger partial charge in [-0.2, -0.15) is 0 Å². The van der Waals surface area contributed by atoms with E-state index < -0.39 is 0 Å². The molecule has 0 aromatic carbocycles. The third-order valence-corrected chi connectivity index (χ3v) is 8.20. The highest BCUT2D eigenvalue weighted by atomic mass is 16.1. The molecular weight excluding hydrogens is 244 g/mol. The molecular formula is C19H30O. The third kappa shape index (κ3) is 1.70.